The first-order chi connectivity index (χ1) is 11.9. The van der Waals surface area contributed by atoms with Crippen LogP contribution in [0.5, 0.6) is 0 Å². The second-order valence-electron chi connectivity index (χ2n) is 6.52. The Kier molecular flexibility index (Phi) is 13.5. The van der Waals surface area contributed by atoms with E-state index < -0.39 is 0 Å². The van der Waals surface area contributed by atoms with E-state index in [2.05, 4.69) is 58.0 Å². The molecule has 2 rings (SSSR count). The second kappa shape index (κ2) is 14.5. The van der Waals surface area contributed by atoms with Gasteiger partial charge in [-0.1, -0.05) is 46.7 Å². The predicted molar refractivity (Wildman–Crippen MR) is 107 cm³/mol. The third-order valence-electron chi connectivity index (χ3n) is 2.67. The summed E-state index contributed by atoms with van der Waals surface area (Å²) in [6, 6.07) is 1.83. The normalized spacial score (nSPS) is 10.5. The van der Waals surface area contributed by atoms with Crippen LogP contribution in [-0.2, 0) is 11.3 Å². The standard InChI is InChI=1S/C7H10N2.C7H11NS.C5H11NO/c1-6(2)7-8-4-3-5-9-7;1-6(2)3-7-4-9-5-8-7;1-5(2)4-6-7-3/h3-6H,1-2H3;4-6H,3H2,1-2H3;4-5H,1-3H3. The first kappa shape index (κ1) is 23.2. The smallest absolute Gasteiger partial charge is 0.130 e. The van der Waals surface area contributed by atoms with E-state index in [0.29, 0.717) is 11.8 Å². The lowest BCUT2D eigenvalue weighted by atomic mass is 10.1. The number of nitrogens with zero attached hydrogens (tertiary/aromatic N) is 4. The molecule has 25 heavy (non-hydrogen) atoms. The maximum Gasteiger partial charge on any atom is 0.130 e. The van der Waals surface area contributed by atoms with E-state index in [1.165, 1.54) is 5.69 Å². The number of hydrogen-bond donors (Lipinski definition) is 0. The molecule has 0 aliphatic rings. The molecule has 0 spiro atoms. The quantitative estimate of drug-likeness (QED) is 0.539. The number of hydrogen-bond acceptors (Lipinski definition) is 6. The summed E-state index contributed by atoms with van der Waals surface area (Å²) in [6.07, 6.45) is 6.40. The van der Waals surface area contributed by atoms with Gasteiger partial charge < -0.3 is 4.84 Å². The van der Waals surface area contributed by atoms with Crippen LogP contribution in [0.2, 0.25) is 0 Å². The molecular weight excluding hydrogens is 332 g/mol. The van der Waals surface area contributed by atoms with E-state index in [4.69, 9.17) is 0 Å². The summed E-state index contributed by atoms with van der Waals surface area (Å²) in [4.78, 5) is 16.7. The molecule has 2 aromatic heterocycles. The van der Waals surface area contributed by atoms with Crippen LogP contribution in [0.15, 0.2) is 34.5 Å². The highest BCUT2D eigenvalue weighted by atomic mass is 32.1. The lowest BCUT2D eigenvalue weighted by Gasteiger charge is -1.98. The Bertz CT molecular complexity index is 540. The lowest BCUT2D eigenvalue weighted by Crippen LogP contribution is -1.93. The van der Waals surface area contributed by atoms with E-state index in [1.54, 1.807) is 37.1 Å². The van der Waals surface area contributed by atoms with Gasteiger partial charge in [-0.3, -0.25) is 0 Å². The van der Waals surface area contributed by atoms with Crippen LogP contribution in [0, 0.1) is 11.8 Å². The van der Waals surface area contributed by atoms with Crippen LogP contribution in [0.3, 0.4) is 0 Å². The monoisotopic (exact) mass is 364 g/mol. The lowest BCUT2D eigenvalue weighted by molar-refractivity contribution is 0.213. The first-order valence-corrected chi connectivity index (χ1v) is 9.51. The van der Waals surface area contributed by atoms with Crippen molar-refractivity contribution < 1.29 is 4.84 Å². The van der Waals surface area contributed by atoms with Crippen LogP contribution in [0.25, 0.3) is 0 Å². The SMILES string of the molecule is CC(C)Cc1cscn1.CC(C)c1ncccn1.CON=CC(C)C. The third-order valence-corrected chi connectivity index (χ3v) is 3.30. The Morgan fingerprint density at radius 2 is 1.72 bits per heavy atom. The molecule has 0 bridgehead atoms. The maximum absolute atomic E-state index is 4.42. The minimum atomic E-state index is 0.436. The Balaban J connectivity index is 0.000000350. The highest BCUT2D eigenvalue weighted by molar-refractivity contribution is 7.07. The molecule has 0 aliphatic heterocycles. The van der Waals surface area contributed by atoms with E-state index >= 15 is 0 Å². The molecule has 140 valence electrons. The number of aromatic nitrogens is 3. The zero-order chi connectivity index (χ0) is 19.1. The summed E-state index contributed by atoms with van der Waals surface area (Å²) in [7, 11) is 1.54. The molecule has 0 saturated carbocycles. The highest BCUT2D eigenvalue weighted by Gasteiger charge is 1.98. The molecule has 2 aromatic rings. The summed E-state index contributed by atoms with van der Waals surface area (Å²) < 4.78 is 0. The average molecular weight is 365 g/mol. The molecule has 6 heteroatoms. The van der Waals surface area contributed by atoms with Crippen molar-refractivity contribution in [1.29, 1.82) is 0 Å². The van der Waals surface area contributed by atoms with Crippen LogP contribution < -0.4 is 0 Å². The van der Waals surface area contributed by atoms with Gasteiger partial charge >= 0.3 is 0 Å². The van der Waals surface area contributed by atoms with Crippen molar-refractivity contribution in [3.05, 3.63) is 40.9 Å². The molecule has 0 radical (unpaired) electrons. The van der Waals surface area contributed by atoms with Gasteiger partial charge in [-0.15, -0.1) is 11.3 Å². The summed E-state index contributed by atoms with van der Waals surface area (Å²) in [5.41, 5.74) is 3.12. The van der Waals surface area contributed by atoms with Gasteiger partial charge in [0.05, 0.1) is 11.2 Å². The number of rotatable bonds is 5. The summed E-state index contributed by atoms with van der Waals surface area (Å²) in [5.74, 6) is 2.57. The van der Waals surface area contributed by atoms with Crippen LogP contribution in [0.1, 0.15) is 59.0 Å². The Morgan fingerprint density at radius 3 is 2.04 bits per heavy atom. The summed E-state index contributed by atoms with van der Waals surface area (Å²) in [6.45, 7) is 12.7. The fraction of sp³-hybridized carbons (Fsp3) is 0.579. The van der Waals surface area contributed by atoms with E-state index in [0.717, 1.165) is 18.2 Å². The zero-order valence-electron chi connectivity index (χ0n) is 16.5. The minimum Gasteiger partial charge on any atom is -0.399 e. The van der Waals surface area contributed by atoms with Crippen LogP contribution in [0.4, 0.5) is 0 Å². The highest BCUT2D eigenvalue weighted by Crippen LogP contribution is 2.07. The Morgan fingerprint density at radius 1 is 1.08 bits per heavy atom. The predicted octanol–water partition coefficient (Wildman–Crippen LogP) is 5.22. The molecule has 0 saturated heterocycles. The first-order valence-electron chi connectivity index (χ1n) is 8.57. The molecule has 0 aliphatic carbocycles. The van der Waals surface area contributed by atoms with Gasteiger partial charge in [-0.05, 0) is 24.3 Å². The fourth-order valence-corrected chi connectivity index (χ4v) is 2.12. The van der Waals surface area contributed by atoms with E-state index in [-0.39, 0.29) is 0 Å². The summed E-state index contributed by atoms with van der Waals surface area (Å²) >= 11 is 1.67. The molecule has 0 atom stereocenters. The van der Waals surface area contributed by atoms with E-state index in [1.807, 2.05) is 25.4 Å². The fourth-order valence-electron chi connectivity index (χ4n) is 1.55. The van der Waals surface area contributed by atoms with Crippen molar-refractivity contribution in [2.75, 3.05) is 7.11 Å². The second-order valence-corrected chi connectivity index (χ2v) is 7.24. The van der Waals surface area contributed by atoms with Crippen molar-refractivity contribution >= 4 is 17.6 Å². The molecule has 2 heterocycles. The van der Waals surface area contributed by atoms with Crippen molar-refractivity contribution in [3.8, 4) is 0 Å². The third kappa shape index (κ3) is 14.2. The Labute approximate surface area is 156 Å². The maximum atomic E-state index is 4.42. The van der Waals surface area contributed by atoms with Gasteiger partial charge in [0, 0.05) is 29.9 Å². The molecular formula is C19H32N4OS. The number of oxime groups is 1. The van der Waals surface area contributed by atoms with Gasteiger partial charge in [0.2, 0.25) is 0 Å². The minimum absolute atomic E-state index is 0.436. The topological polar surface area (TPSA) is 60.3 Å². The van der Waals surface area contributed by atoms with Gasteiger partial charge in [0.15, 0.2) is 0 Å². The van der Waals surface area contributed by atoms with Gasteiger partial charge in [0.1, 0.15) is 12.9 Å². The Hall–Kier alpha value is -1.82. The molecule has 0 amide bonds. The molecule has 0 fully saturated rings. The molecule has 0 aromatic carbocycles. The largest absolute Gasteiger partial charge is 0.399 e. The van der Waals surface area contributed by atoms with Crippen molar-refractivity contribution in [2.24, 2.45) is 17.0 Å². The van der Waals surface area contributed by atoms with Crippen molar-refractivity contribution in [2.45, 2.75) is 53.9 Å². The van der Waals surface area contributed by atoms with Crippen molar-refractivity contribution in [1.82, 2.24) is 15.0 Å². The average Bonchev–Trinajstić information content (AvgIpc) is 3.07. The van der Waals surface area contributed by atoms with Crippen LogP contribution in [-0.4, -0.2) is 28.3 Å². The van der Waals surface area contributed by atoms with E-state index in [9.17, 15) is 0 Å². The zero-order valence-corrected chi connectivity index (χ0v) is 17.3. The van der Waals surface area contributed by atoms with Crippen LogP contribution >= 0.6 is 11.3 Å². The molecule has 5 nitrogen and oxygen atoms in total. The molecule has 0 N–H and O–H groups in total. The van der Waals surface area contributed by atoms with Gasteiger partial charge in [0.25, 0.3) is 0 Å². The van der Waals surface area contributed by atoms with Crippen molar-refractivity contribution in [3.63, 3.8) is 0 Å². The molecule has 0 unspecified atom stereocenters. The van der Waals surface area contributed by atoms with Gasteiger partial charge in [-0.2, -0.15) is 0 Å². The number of thiazole rings is 1. The summed E-state index contributed by atoms with van der Waals surface area (Å²) in [5, 5.41) is 5.66. The van der Waals surface area contributed by atoms with Gasteiger partial charge in [-0.25, -0.2) is 15.0 Å².